The lowest BCUT2D eigenvalue weighted by molar-refractivity contribution is -0.278. The summed E-state index contributed by atoms with van der Waals surface area (Å²) in [6, 6.07) is -0.628. The van der Waals surface area contributed by atoms with Crippen LogP contribution in [0.2, 0.25) is 0 Å². The predicted molar refractivity (Wildman–Crippen MR) is 63.4 cm³/mol. The van der Waals surface area contributed by atoms with Crippen molar-refractivity contribution >= 4 is 21.8 Å². The predicted octanol–water partition coefficient (Wildman–Crippen LogP) is 3.89. The number of hydrogen-bond donors (Lipinski definition) is 0. The molecule has 0 spiro atoms. The number of nitrogens with zero attached hydrogens (tertiary/aromatic N) is 1. The summed E-state index contributed by atoms with van der Waals surface area (Å²) < 4.78 is 75.4. The first-order valence-electron chi connectivity index (χ1n) is 6.09. The highest BCUT2D eigenvalue weighted by atomic mass is 79.9. The van der Waals surface area contributed by atoms with Gasteiger partial charge >= 0.3 is 12.4 Å². The molecule has 1 unspecified atom stereocenters. The minimum Gasteiger partial charge on any atom is -0.338 e. The number of carbonyl (C=O) groups is 1. The fourth-order valence-corrected chi connectivity index (χ4v) is 2.93. The minimum atomic E-state index is -5.63. The number of amides is 1. The lowest BCUT2D eigenvalue weighted by atomic mass is 10.0. The molecule has 0 aromatic rings. The second-order valence-electron chi connectivity index (χ2n) is 4.71. The van der Waals surface area contributed by atoms with Gasteiger partial charge in [0.25, 0.3) is 0 Å². The van der Waals surface area contributed by atoms with Gasteiger partial charge in [0, 0.05) is 17.9 Å². The van der Waals surface area contributed by atoms with Crippen LogP contribution < -0.4 is 0 Å². The van der Waals surface area contributed by atoms with E-state index in [1.807, 2.05) is 0 Å². The Balaban J connectivity index is 3.03. The fraction of sp³-hybridized carbons (Fsp3) is 0.909. The van der Waals surface area contributed by atoms with Gasteiger partial charge in [0.05, 0.1) is 0 Å². The van der Waals surface area contributed by atoms with Crippen molar-refractivity contribution in [2.24, 2.45) is 5.92 Å². The number of alkyl halides is 7. The van der Waals surface area contributed by atoms with Crippen molar-refractivity contribution in [3.8, 4) is 0 Å². The lowest BCUT2D eigenvalue weighted by Gasteiger charge is -2.33. The summed E-state index contributed by atoms with van der Waals surface area (Å²) in [7, 11) is 0. The molecule has 0 aliphatic carbocycles. The Kier molecular flexibility index (Phi) is 5.74. The summed E-state index contributed by atoms with van der Waals surface area (Å²) in [5.74, 6) is -5.83. The SMILES string of the molecule is O=C(C(C(F)(F)F)C(F)(F)F)N1CCCCCC1CBr. The molecule has 2 nitrogen and oxygen atoms in total. The molecule has 1 rings (SSSR count). The lowest BCUT2D eigenvalue weighted by Crippen LogP contribution is -2.52. The molecule has 1 saturated heterocycles. The van der Waals surface area contributed by atoms with Crippen LogP contribution in [0.5, 0.6) is 0 Å². The van der Waals surface area contributed by atoms with Crippen molar-refractivity contribution in [3.63, 3.8) is 0 Å². The molecular formula is C11H14BrF6NO. The summed E-state index contributed by atoms with van der Waals surface area (Å²) in [5, 5.41) is 0.168. The van der Waals surface area contributed by atoms with Gasteiger partial charge in [-0.1, -0.05) is 28.8 Å². The van der Waals surface area contributed by atoms with Crippen molar-refractivity contribution in [3.05, 3.63) is 0 Å². The molecule has 118 valence electrons. The molecule has 9 heteroatoms. The third kappa shape index (κ3) is 4.26. The van der Waals surface area contributed by atoms with Crippen molar-refractivity contribution in [2.75, 3.05) is 11.9 Å². The first-order chi connectivity index (χ1) is 9.09. The van der Waals surface area contributed by atoms with Gasteiger partial charge in [-0.15, -0.1) is 0 Å². The van der Waals surface area contributed by atoms with Crippen LogP contribution in [0.4, 0.5) is 26.3 Å². The van der Waals surface area contributed by atoms with E-state index in [1.165, 1.54) is 0 Å². The van der Waals surface area contributed by atoms with Crippen LogP contribution in [-0.2, 0) is 4.79 Å². The van der Waals surface area contributed by atoms with Gasteiger partial charge in [0.2, 0.25) is 11.8 Å². The molecule has 0 N–H and O–H groups in total. The average molecular weight is 370 g/mol. The molecule has 0 bridgehead atoms. The van der Waals surface area contributed by atoms with Gasteiger partial charge in [-0.2, -0.15) is 26.3 Å². The van der Waals surface area contributed by atoms with Gasteiger partial charge in [-0.05, 0) is 12.8 Å². The van der Waals surface area contributed by atoms with Crippen LogP contribution in [0.1, 0.15) is 25.7 Å². The van der Waals surface area contributed by atoms with Crippen molar-refractivity contribution in [1.29, 1.82) is 0 Å². The molecule has 1 atom stereocenters. The van der Waals surface area contributed by atoms with E-state index < -0.39 is 30.2 Å². The molecule has 1 aliphatic heterocycles. The fourth-order valence-electron chi connectivity index (χ4n) is 2.26. The summed E-state index contributed by atoms with van der Waals surface area (Å²) in [6.45, 7) is -0.0717. The Labute approximate surface area is 120 Å². The smallest absolute Gasteiger partial charge is 0.338 e. The first kappa shape index (κ1) is 17.6. The van der Waals surface area contributed by atoms with Gasteiger partial charge in [0.1, 0.15) is 0 Å². The van der Waals surface area contributed by atoms with E-state index in [0.29, 0.717) is 25.7 Å². The second kappa shape index (κ2) is 6.53. The Hall–Kier alpha value is -0.470. The first-order valence-corrected chi connectivity index (χ1v) is 7.21. The van der Waals surface area contributed by atoms with Gasteiger partial charge in [-0.25, -0.2) is 0 Å². The monoisotopic (exact) mass is 369 g/mol. The Morgan fingerprint density at radius 1 is 1.10 bits per heavy atom. The van der Waals surface area contributed by atoms with E-state index in [1.54, 1.807) is 0 Å². The van der Waals surface area contributed by atoms with Crippen LogP contribution in [-0.4, -0.2) is 41.1 Å². The number of likely N-dealkylation sites (tertiary alicyclic amines) is 1. The number of halogens is 7. The quantitative estimate of drug-likeness (QED) is 0.534. The summed E-state index contributed by atoms with van der Waals surface area (Å²) in [5.41, 5.74) is 0. The number of rotatable bonds is 2. The maximum Gasteiger partial charge on any atom is 0.409 e. The standard InChI is InChI=1S/C11H14BrF6NO/c12-6-7-4-2-1-3-5-19(7)9(20)8(10(13,14)15)11(16,17)18/h7-8H,1-6H2. The Morgan fingerprint density at radius 3 is 2.10 bits per heavy atom. The average Bonchev–Trinajstić information content (AvgIpc) is 2.49. The zero-order chi connectivity index (χ0) is 15.6. The highest BCUT2D eigenvalue weighted by Crippen LogP contribution is 2.41. The molecule has 0 radical (unpaired) electrons. The van der Waals surface area contributed by atoms with Gasteiger partial charge in [-0.3, -0.25) is 4.79 Å². The van der Waals surface area contributed by atoms with Gasteiger partial charge in [0.15, 0.2) is 0 Å². The maximum atomic E-state index is 12.6. The van der Waals surface area contributed by atoms with E-state index >= 15 is 0 Å². The van der Waals surface area contributed by atoms with Crippen molar-refractivity contribution in [1.82, 2.24) is 4.90 Å². The zero-order valence-corrected chi connectivity index (χ0v) is 12.0. The number of hydrogen-bond acceptors (Lipinski definition) is 1. The highest BCUT2D eigenvalue weighted by molar-refractivity contribution is 9.09. The molecule has 1 heterocycles. The largest absolute Gasteiger partial charge is 0.409 e. The van der Waals surface area contributed by atoms with E-state index in [9.17, 15) is 31.1 Å². The molecular weight excluding hydrogens is 356 g/mol. The van der Waals surface area contributed by atoms with Crippen LogP contribution in [0.15, 0.2) is 0 Å². The molecule has 1 aliphatic rings. The summed E-state index contributed by atoms with van der Waals surface area (Å²) in [4.78, 5) is 12.5. The second-order valence-corrected chi connectivity index (χ2v) is 5.35. The molecule has 20 heavy (non-hydrogen) atoms. The molecule has 0 saturated carbocycles. The van der Waals surface area contributed by atoms with Crippen molar-refractivity contribution in [2.45, 2.75) is 44.1 Å². The van der Waals surface area contributed by atoms with E-state index in [-0.39, 0.29) is 11.9 Å². The highest BCUT2D eigenvalue weighted by Gasteiger charge is 2.62. The van der Waals surface area contributed by atoms with E-state index in [2.05, 4.69) is 15.9 Å². The summed E-state index contributed by atoms with van der Waals surface area (Å²) >= 11 is 3.05. The molecule has 0 aromatic carbocycles. The third-order valence-electron chi connectivity index (χ3n) is 3.24. The van der Waals surface area contributed by atoms with Crippen LogP contribution in [0.3, 0.4) is 0 Å². The zero-order valence-electron chi connectivity index (χ0n) is 10.4. The normalized spacial score (nSPS) is 22.0. The number of carbonyl (C=O) groups excluding carboxylic acids is 1. The van der Waals surface area contributed by atoms with Crippen LogP contribution >= 0.6 is 15.9 Å². The Morgan fingerprint density at radius 2 is 1.65 bits per heavy atom. The summed E-state index contributed by atoms with van der Waals surface area (Å²) in [6.07, 6.45) is -9.06. The van der Waals surface area contributed by atoms with Crippen molar-refractivity contribution < 1.29 is 31.1 Å². The maximum absolute atomic E-state index is 12.6. The van der Waals surface area contributed by atoms with Crippen LogP contribution in [0.25, 0.3) is 0 Å². The van der Waals surface area contributed by atoms with Gasteiger partial charge < -0.3 is 4.90 Å². The van der Waals surface area contributed by atoms with Crippen LogP contribution in [0, 0.1) is 5.92 Å². The van der Waals surface area contributed by atoms with E-state index in [0.717, 1.165) is 4.90 Å². The molecule has 0 aromatic heterocycles. The minimum absolute atomic E-state index is 0.0717. The molecule has 1 amide bonds. The molecule has 1 fully saturated rings. The van der Waals surface area contributed by atoms with E-state index in [4.69, 9.17) is 0 Å². The Bertz CT molecular complexity index is 329. The topological polar surface area (TPSA) is 20.3 Å². The third-order valence-corrected chi connectivity index (χ3v) is 3.99.